The van der Waals surface area contributed by atoms with E-state index in [1.165, 1.54) is 18.5 Å². The Kier molecular flexibility index (Phi) is 4.45. The third kappa shape index (κ3) is 3.22. The van der Waals surface area contributed by atoms with E-state index in [1.807, 2.05) is 4.90 Å². The van der Waals surface area contributed by atoms with Crippen LogP contribution < -0.4 is 0 Å². The molecule has 1 atom stereocenters. The van der Waals surface area contributed by atoms with Crippen molar-refractivity contribution in [1.82, 2.24) is 14.8 Å². The predicted octanol–water partition coefficient (Wildman–Crippen LogP) is 2.78. The standard InChI is InChI=1S/C20H22FN3O3/c1-14-17(22-13-27-14)18(25)24-10-8-20(12-24)7-2-9-23(19(20)26)11-15-3-5-16(21)6-4-15/h3-6,13H,2,7-12H2,1H3/t20-/m1/s1. The van der Waals surface area contributed by atoms with Gasteiger partial charge in [-0.25, -0.2) is 9.37 Å². The molecule has 2 aromatic rings. The van der Waals surface area contributed by atoms with Gasteiger partial charge in [-0.2, -0.15) is 0 Å². The van der Waals surface area contributed by atoms with Gasteiger partial charge in [0.2, 0.25) is 5.91 Å². The average Bonchev–Trinajstić information content (AvgIpc) is 3.28. The number of carbonyl (C=O) groups is 2. The number of aryl methyl sites for hydroxylation is 1. The number of hydrogen-bond acceptors (Lipinski definition) is 4. The molecule has 0 saturated carbocycles. The second-order valence-corrected chi connectivity index (χ2v) is 7.47. The highest BCUT2D eigenvalue weighted by Gasteiger charge is 2.49. The fourth-order valence-corrected chi connectivity index (χ4v) is 4.20. The molecule has 2 fully saturated rings. The molecule has 2 aliphatic heterocycles. The van der Waals surface area contributed by atoms with Gasteiger partial charge in [-0.3, -0.25) is 9.59 Å². The molecule has 2 saturated heterocycles. The van der Waals surface area contributed by atoms with Crippen molar-refractivity contribution in [2.75, 3.05) is 19.6 Å². The number of oxazole rings is 1. The lowest BCUT2D eigenvalue weighted by atomic mass is 9.78. The highest BCUT2D eigenvalue weighted by Crippen LogP contribution is 2.41. The number of halogens is 1. The molecule has 7 heteroatoms. The molecule has 0 bridgehead atoms. The molecule has 1 spiro atoms. The fraction of sp³-hybridized carbons (Fsp3) is 0.450. The van der Waals surface area contributed by atoms with Crippen LogP contribution in [0.5, 0.6) is 0 Å². The number of rotatable bonds is 3. The second-order valence-electron chi connectivity index (χ2n) is 7.47. The molecule has 0 N–H and O–H groups in total. The number of amides is 2. The van der Waals surface area contributed by atoms with Crippen molar-refractivity contribution < 1.29 is 18.4 Å². The molecule has 0 aliphatic carbocycles. The Morgan fingerprint density at radius 2 is 2.04 bits per heavy atom. The van der Waals surface area contributed by atoms with Crippen LogP contribution in [0, 0.1) is 18.2 Å². The van der Waals surface area contributed by atoms with Crippen molar-refractivity contribution >= 4 is 11.8 Å². The predicted molar refractivity (Wildman–Crippen MR) is 95.2 cm³/mol. The second kappa shape index (κ2) is 6.79. The summed E-state index contributed by atoms with van der Waals surface area (Å²) in [6.07, 6.45) is 3.62. The van der Waals surface area contributed by atoms with Crippen molar-refractivity contribution in [2.24, 2.45) is 5.41 Å². The quantitative estimate of drug-likeness (QED) is 0.832. The highest BCUT2D eigenvalue weighted by atomic mass is 19.1. The first kappa shape index (κ1) is 17.7. The lowest BCUT2D eigenvalue weighted by molar-refractivity contribution is -0.146. The summed E-state index contributed by atoms with van der Waals surface area (Å²) in [6, 6.07) is 6.24. The fourth-order valence-electron chi connectivity index (χ4n) is 4.20. The van der Waals surface area contributed by atoms with Gasteiger partial charge in [0.05, 0.1) is 5.41 Å². The molecule has 27 heavy (non-hydrogen) atoms. The van der Waals surface area contributed by atoms with E-state index < -0.39 is 5.41 Å². The zero-order valence-corrected chi connectivity index (χ0v) is 15.3. The minimum Gasteiger partial charge on any atom is -0.448 e. The number of piperidine rings is 1. The van der Waals surface area contributed by atoms with Crippen LogP contribution in [-0.2, 0) is 11.3 Å². The van der Waals surface area contributed by atoms with E-state index >= 15 is 0 Å². The van der Waals surface area contributed by atoms with Gasteiger partial charge >= 0.3 is 0 Å². The Balaban J connectivity index is 1.48. The Morgan fingerprint density at radius 1 is 1.26 bits per heavy atom. The number of hydrogen-bond donors (Lipinski definition) is 0. The van der Waals surface area contributed by atoms with Gasteiger partial charge in [-0.05, 0) is 43.9 Å². The van der Waals surface area contributed by atoms with Crippen LogP contribution in [0.4, 0.5) is 4.39 Å². The summed E-state index contributed by atoms with van der Waals surface area (Å²) in [7, 11) is 0. The summed E-state index contributed by atoms with van der Waals surface area (Å²) in [5, 5.41) is 0. The molecular formula is C20H22FN3O3. The summed E-state index contributed by atoms with van der Waals surface area (Å²) < 4.78 is 18.3. The van der Waals surface area contributed by atoms with Crippen LogP contribution in [0.2, 0.25) is 0 Å². The van der Waals surface area contributed by atoms with Crippen LogP contribution in [-0.4, -0.2) is 46.2 Å². The summed E-state index contributed by atoms with van der Waals surface area (Å²) in [6.45, 7) is 3.83. The third-order valence-corrected chi connectivity index (χ3v) is 5.70. The molecule has 3 heterocycles. The Bertz CT molecular complexity index is 864. The number of nitrogens with zero attached hydrogens (tertiary/aromatic N) is 3. The third-order valence-electron chi connectivity index (χ3n) is 5.70. The van der Waals surface area contributed by atoms with E-state index in [-0.39, 0.29) is 17.6 Å². The Hall–Kier alpha value is -2.70. The van der Waals surface area contributed by atoms with Crippen LogP contribution in [0.1, 0.15) is 41.1 Å². The van der Waals surface area contributed by atoms with Gasteiger partial charge < -0.3 is 14.2 Å². The van der Waals surface area contributed by atoms with E-state index in [2.05, 4.69) is 4.98 Å². The summed E-state index contributed by atoms with van der Waals surface area (Å²) >= 11 is 0. The molecule has 2 amide bonds. The number of likely N-dealkylation sites (tertiary alicyclic amines) is 2. The minimum absolute atomic E-state index is 0.0882. The first-order chi connectivity index (χ1) is 13.0. The van der Waals surface area contributed by atoms with Crippen molar-refractivity contribution in [1.29, 1.82) is 0 Å². The minimum atomic E-state index is -0.522. The van der Waals surface area contributed by atoms with Crippen LogP contribution in [0.15, 0.2) is 35.1 Å². The zero-order valence-electron chi connectivity index (χ0n) is 15.3. The monoisotopic (exact) mass is 371 g/mol. The number of aromatic nitrogens is 1. The van der Waals surface area contributed by atoms with Gasteiger partial charge in [0.1, 0.15) is 11.6 Å². The molecule has 0 radical (unpaired) electrons. The van der Waals surface area contributed by atoms with Crippen LogP contribution in [0.25, 0.3) is 0 Å². The van der Waals surface area contributed by atoms with Gasteiger partial charge in [0.15, 0.2) is 12.1 Å². The van der Waals surface area contributed by atoms with E-state index in [1.54, 1.807) is 24.0 Å². The average molecular weight is 371 g/mol. The van der Waals surface area contributed by atoms with Crippen LogP contribution >= 0.6 is 0 Å². The van der Waals surface area contributed by atoms with E-state index in [0.717, 1.165) is 18.4 Å². The molecule has 2 aliphatic rings. The van der Waals surface area contributed by atoms with Crippen molar-refractivity contribution in [2.45, 2.75) is 32.7 Å². The van der Waals surface area contributed by atoms with Gasteiger partial charge in [0, 0.05) is 26.2 Å². The summed E-state index contributed by atoms with van der Waals surface area (Å²) in [5.74, 6) is 0.119. The normalized spacial score (nSPS) is 22.7. The lowest BCUT2D eigenvalue weighted by Gasteiger charge is -2.39. The van der Waals surface area contributed by atoms with Crippen molar-refractivity contribution in [3.05, 3.63) is 53.5 Å². The SMILES string of the molecule is Cc1ocnc1C(=O)N1CC[C@]2(CCCN(Cc3ccc(F)cc3)C2=O)C1. The summed E-state index contributed by atoms with van der Waals surface area (Å²) in [4.78, 5) is 33.5. The smallest absolute Gasteiger partial charge is 0.276 e. The first-order valence-electron chi connectivity index (χ1n) is 9.22. The molecule has 1 aromatic heterocycles. The molecule has 1 aromatic carbocycles. The maximum Gasteiger partial charge on any atom is 0.276 e. The first-order valence-corrected chi connectivity index (χ1v) is 9.22. The lowest BCUT2D eigenvalue weighted by Crippen LogP contribution is -2.50. The van der Waals surface area contributed by atoms with Crippen molar-refractivity contribution in [3.63, 3.8) is 0 Å². The maximum atomic E-state index is 13.2. The Morgan fingerprint density at radius 3 is 2.74 bits per heavy atom. The largest absolute Gasteiger partial charge is 0.448 e. The van der Waals surface area contributed by atoms with Gasteiger partial charge in [-0.15, -0.1) is 0 Å². The molecule has 0 unspecified atom stereocenters. The molecule has 4 rings (SSSR count). The highest BCUT2D eigenvalue weighted by molar-refractivity contribution is 5.94. The van der Waals surface area contributed by atoms with E-state index in [9.17, 15) is 14.0 Å². The molecule has 142 valence electrons. The zero-order chi connectivity index (χ0) is 19.0. The number of benzene rings is 1. The van der Waals surface area contributed by atoms with Crippen molar-refractivity contribution in [3.8, 4) is 0 Å². The van der Waals surface area contributed by atoms with Gasteiger partial charge in [0.25, 0.3) is 5.91 Å². The number of carbonyl (C=O) groups excluding carboxylic acids is 2. The molecular weight excluding hydrogens is 349 g/mol. The van der Waals surface area contributed by atoms with Gasteiger partial charge in [-0.1, -0.05) is 12.1 Å². The maximum absolute atomic E-state index is 13.2. The van der Waals surface area contributed by atoms with Crippen LogP contribution in [0.3, 0.4) is 0 Å². The van der Waals surface area contributed by atoms with E-state index in [0.29, 0.717) is 44.1 Å². The topological polar surface area (TPSA) is 66.7 Å². The molecule has 6 nitrogen and oxygen atoms in total. The summed E-state index contributed by atoms with van der Waals surface area (Å²) in [5.41, 5.74) is 0.704. The Labute approximate surface area is 157 Å². The van der Waals surface area contributed by atoms with E-state index in [4.69, 9.17) is 4.42 Å².